The number of fused-ring (bicyclic) bond motifs is 11. The molecule has 0 radical (unpaired) electrons. The Hall–Kier alpha value is -6.92. The maximum atomic E-state index is 6.27. The zero-order chi connectivity index (χ0) is 32.8. The second-order valence-corrected chi connectivity index (χ2v) is 12.7. The van der Waals surface area contributed by atoms with E-state index in [1.165, 1.54) is 21.5 Å². The van der Waals surface area contributed by atoms with Crippen molar-refractivity contribution in [1.29, 1.82) is 0 Å². The molecule has 0 amide bonds. The molecular formula is C44H25N5O. The molecule has 0 atom stereocenters. The van der Waals surface area contributed by atoms with Gasteiger partial charge in [-0.1, -0.05) is 115 Å². The SMILES string of the molecule is c1ccc2c(c1)ccc1c3cnc(-c4nc(-c5cccc6oc7ccccc7c56)nc(-n5c6ccccc6c6ccccc65)n4)cc3ccc21. The quantitative estimate of drug-likeness (QED) is 0.180. The molecule has 4 aromatic heterocycles. The standard InChI is InChI=1S/C44H25N5O/c1-2-11-28-26(10-1)20-22-30-29(28)23-21-27-24-36(45-25-35(27)30)43-46-42(34-15-9-19-40-41(34)33-14-5-8-18-39(33)50-40)47-44(48-43)49-37-16-6-3-12-31(37)32-13-4-7-17-38(32)49/h1-25H. The van der Waals surface area contributed by atoms with Crippen LogP contribution in [0.15, 0.2) is 156 Å². The second kappa shape index (κ2) is 10.3. The first-order valence-electron chi connectivity index (χ1n) is 16.6. The van der Waals surface area contributed by atoms with Crippen molar-refractivity contribution in [2.45, 2.75) is 0 Å². The van der Waals surface area contributed by atoms with Crippen molar-refractivity contribution in [1.82, 2.24) is 24.5 Å². The fraction of sp³-hybridized carbons (Fsp3) is 0. The van der Waals surface area contributed by atoms with E-state index in [9.17, 15) is 0 Å². The molecule has 0 aliphatic carbocycles. The molecule has 0 N–H and O–H groups in total. The van der Waals surface area contributed by atoms with Crippen molar-refractivity contribution in [3.63, 3.8) is 0 Å². The van der Waals surface area contributed by atoms with Crippen LogP contribution >= 0.6 is 0 Å². The number of pyridine rings is 1. The summed E-state index contributed by atoms with van der Waals surface area (Å²) in [5.74, 6) is 1.58. The van der Waals surface area contributed by atoms with Gasteiger partial charge in [-0.05, 0) is 57.3 Å². The molecule has 11 aromatic rings. The van der Waals surface area contributed by atoms with E-state index in [-0.39, 0.29) is 0 Å². The molecule has 0 saturated carbocycles. The summed E-state index contributed by atoms with van der Waals surface area (Å²) in [6, 6.07) is 50.3. The highest BCUT2D eigenvalue weighted by molar-refractivity contribution is 6.17. The van der Waals surface area contributed by atoms with Crippen LogP contribution in [-0.2, 0) is 0 Å². The summed E-state index contributed by atoms with van der Waals surface area (Å²) in [4.78, 5) is 20.5. The monoisotopic (exact) mass is 639 g/mol. The Balaban J connectivity index is 1.19. The smallest absolute Gasteiger partial charge is 0.238 e. The maximum absolute atomic E-state index is 6.27. The van der Waals surface area contributed by atoms with Gasteiger partial charge < -0.3 is 4.42 Å². The van der Waals surface area contributed by atoms with Crippen molar-refractivity contribution in [3.8, 4) is 28.9 Å². The molecule has 4 heterocycles. The van der Waals surface area contributed by atoms with Gasteiger partial charge >= 0.3 is 0 Å². The summed E-state index contributed by atoms with van der Waals surface area (Å²) in [5.41, 5.74) is 5.20. The van der Waals surface area contributed by atoms with Gasteiger partial charge in [0, 0.05) is 38.7 Å². The highest BCUT2D eigenvalue weighted by Crippen LogP contribution is 2.38. The van der Waals surface area contributed by atoms with Gasteiger partial charge in [0.2, 0.25) is 5.95 Å². The van der Waals surface area contributed by atoms with Gasteiger partial charge in [-0.25, -0.2) is 4.98 Å². The van der Waals surface area contributed by atoms with Crippen molar-refractivity contribution < 1.29 is 4.42 Å². The number of nitrogens with zero attached hydrogens (tertiary/aromatic N) is 5. The number of aromatic nitrogens is 5. The van der Waals surface area contributed by atoms with Crippen LogP contribution in [0.4, 0.5) is 0 Å². The third-order valence-electron chi connectivity index (χ3n) is 9.90. The molecule has 50 heavy (non-hydrogen) atoms. The Labute approximate surface area is 284 Å². The van der Waals surface area contributed by atoms with E-state index in [2.05, 4.69) is 120 Å². The zero-order valence-corrected chi connectivity index (χ0v) is 26.6. The molecule has 6 nitrogen and oxygen atoms in total. The average molecular weight is 640 g/mol. The number of hydrogen-bond donors (Lipinski definition) is 0. The van der Waals surface area contributed by atoms with Crippen LogP contribution in [0.1, 0.15) is 0 Å². The van der Waals surface area contributed by atoms with Crippen molar-refractivity contribution in [3.05, 3.63) is 152 Å². The van der Waals surface area contributed by atoms with Gasteiger partial charge in [0.05, 0.1) is 11.0 Å². The summed E-state index contributed by atoms with van der Waals surface area (Å²) in [7, 11) is 0. The minimum atomic E-state index is 0.497. The normalized spacial score (nSPS) is 12.0. The highest BCUT2D eigenvalue weighted by atomic mass is 16.3. The van der Waals surface area contributed by atoms with Gasteiger partial charge in [0.25, 0.3) is 0 Å². The third kappa shape index (κ3) is 3.90. The summed E-state index contributed by atoms with van der Waals surface area (Å²) < 4.78 is 8.40. The average Bonchev–Trinajstić information content (AvgIpc) is 3.73. The van der Waals surface area contributed by atoms with Crippen LogP contribution in [0.25, 0.3) is 105 Å². The van der Waals surface area contributed by atoms with E-state index in [0.717, 1.165) is 60.1 Å². The lowest BCUT2D eigenvalue weighted by Crippen LogP contribution is -2.07. The molecule has 0 unspecified atom stereocenters. The van der Waals surface area contributed by atoms with Gasteiger partial charge in [0.1, 0.15) is 16.9 Å². The van der Waals surface area contributed by atoms with E-state index in [1.54, 1.807) is 0 Å². The third-order valence-corrected chi connectivity index (χ3v) is 9.90. The molecule has 7 aromatic carbocycles. The molecule has 6 heteroatoms. The largest absolute Gasteiger partial charge is 0.456 e. The Morgan fingerprint density at radius 3 is 1.90 bits per heavy atom. The Kier molecular flexibility index (Phi) is 5.57. The zero-order valence-electron chi connectivity index (χ0n) is 26.6. The molecule has 0 saturated heterocycles. The van der Waals surface area contributed by atoms with Crippen LogP contribution in [0.2, 0.25) is 0 Å². The van der Waals surface area contributed by atoms with E-state index < -0.39 is 0 Å². The van der Waals surface area contributed by atoms with Crippen molar-refractivity contribution in [2.24, 2.45) is 0 Å². The lowest BCUT2D eigenvalue weighted by atomic mass is 9.98. The second-order valence-electron chi connectivity index (χ2n) is 12.7. The molecule has 0 fully saturated rings. The molecule has 0 bridgehead atoms. The first kappa shape index (κ1) is 27.1. The minimum Gasteiger partial charge on any atom is -0.456 e. The van der Waals surface area contributed by atoms with Gasteiger partial charge in [-0.15, -0.1) is 0 Å². The fourth-order valence-corrected chi connectivity index (χ4v) is 7.64. The summed E-state index contributed by atoms with van der Waals surface area (Å²) >= 11 is 0. The molecule has 11 rings (SSSR count). The summed E-state index contributed by atoms with van der Waals surface area (Å²) in [5, 5.41) is 11.2. The van der Waals surface area contributed by atoms with Crippen molar-refractivity contribution >= 4 is 76.1 Å². The first-order chi connectivity index (χ1) is 24.8. The fourth-order valence-electron chi connectivity index (χ4n) is 7.64. The Morgan fingerprint density at radius 2 is 1.08 bits per heavy atom. The lowest BCUT2D eigenvalue weighted by Gasteiger charge is -2.12. The van der Waals surface area contributed by atoms with Crippen molar-refractivity contribution in [2.75, 3.05) is 0 Å². The topological polar surface area (TPSA) is 69.6 Å². The summed E-state index contributed by atoms with van der Waals surface area (Å²) in [6.07, 6.45) is 1.95. The van der Waals surface area contributed by atoms with E-state index in [4.69, 9.17) is 24.4 Å². The number of rotatable bonds is 3. The van der Waals surface area contributed by atoms with Gasteiger partial charge in [0.15, 0.2) is 11.6 Å². The van der Waals surface area contributed by atoms with Gasteiger partial charge in [-0.3, -0.25) is 9.55 Å². The molecule has 0 aliphatic rings. The number of hydrogen-bond acceptors (Lipinski definition) is 5. The van der Waals surface area contributed by atoms with Crippen LogP contribution in [0.3, 0.4) is 0 Å². The minimum absolute atomic E-state index is 0.497. The molecular weight excluding hydrogens is 615 g/mol. The first-order valence-corrected chi connectivity index (χ1v) is 16.6. The van der Waals surface area contributed by atoms with Crippen LogP contribution in [0, 0.1) is 0 Å². The van der Waals surface area contributed by atoms with Crippen LogP contribution in [0.5, 0.6) is 0 Å². The number of para-hydroxylation sites is 3. The predicted octanol–water partition coefficient (Wildman–Crippen LogP) is 11.1. The number of furan rings is 1. The maximum Gasteiger partial charge on any atom is 0.238 e. The Morgan fingerprint density at radius 1 is 0.440 bits per heavy atom. The van der Waals surface area contributed by atoms with E-state index >= 15 is 0 Å². The highest BCUT2D eigenvalue weighted by Gasteiger charge is 2.21. The predicted molar refractivity (Wildman–Crippen MR) is 203 cm³/mol. The van der Waals surface area contributed by atoms with Crippen LogP contribution in [-0.4, -0.2) is 24.5 Å². The van der Waals surface area contributed by atoms with Gasteiger partial charge in [-0.2, -0.15) is 9.97 Å². The lowest BCUT2D eigenvalue weighted by molar-refractivity contribution is 0.669. The number of benzene rings is 7. The Bertz CT molecular complexity index is 3120. The van der Waals surface area contributed by atoms with E-state index in [0.29, 0.717) is 23.3 Å². The molecule has 0 spiro atoms. The molecule has 232 valence electrons. The summed E-state index contributed by atoms with van der Waals surface area (Å²) in [6.45, 7) is 0. The van der Waals surface area contributed by atoms with E-state index in [1.807, 2.05) is 36.5 Å². The molecule has 0 aliphatic heterocycles. The van der Waals surface area contributed by atoms with Crippen LogP contribution < -0.4 is 0 Å².